The highest BCUT2D eigenvalue weighted by Gasteiger charge is 2.23. The third-order valence-electron chi connectivity index (χ3n) is 3.88. The van der Waals surface area contributed by atoms with E-state index >= 15 is 0 Å². The molecule has 6 heteroatoms. The standard InChI is InChI=1S/C15H19F3N2O/c1-2-10-5-3-4-8-20(10)9-13(21)19-12-7-6-11(16)14(17)15(12)18/h6-7,10H,2-5,8-9H2,1H3,(H,19,21). The molecule has 0 radical (unpaired) electrons. The Bertz CT molecular complexity index is 522. The van der Waals surface area contributed by atoms with Crippen LogP contribution in [0.5, 0.6) is 0 Å². The number of anilines is 1. The molecular formula is C15H19F3N2O. The van der Waals surface area contributed by atoms with Crippen molar-refractivity contribution in [1.29, 1.82) is 0 Å². The first-order valence-corrected chi connectivity index (χ1v) is 7.20. The molecule has 1 aliphatic heterocycles. The number of hydrogen-bond donors (Lipinski definition) is 1. The average molecular weight is 300 g/mol. The zero-order valence-corrected chi connectivity index (χ0v) is 12.0. The lowest BCUT2D eigenvalue weighted by molar-refractivity contribution is -0.118. The van der Waals surface area contributed by atoms with Crippen molar-refractivity contribution >= 4 is 11.6 Å². The molecule has 21 heavy (non-hydrogen) atoms. The van der Waals surface area contributed by atoms with E-state index in [1.165, 1.54) is 0 Å². The van der Waals surface area contributed by atoms with Gasteiger partial charge >= 0.3 is 0 Å². The van der Waals surface area contributed by atoms with Crippen molar-refractivity contribution in [3.05, 3.63) is 29.6 Å². The molecule has 1 unspecified atom stereocenters. The molecule has 1 fully saturated rings. The Morgan fingerprint density at radius 1 is 1.29 bits per heavy atom. The molecule has 0 aromatic heterocycles. The topological polar surface area (TPSA) is 32.3 Å². The molecule has 0 bridgehead atoms. The molecule has 3 nitrogen and oxygen atoms in total. The van der Waals surface area contributed by atoms with E-state index in [1.54, 1.807) is 0 Å². The molecule has 2 rings (SSSR count). The molecule has 1 heterocycles. The number of benzene rings is 1. The van der Waals surface area contributed by atoms with Crippen LogP contribution in [-0.4, -0.2) is 29.9 Å². The molecule has 0 saturated carbocycles. The smallest absolute Gasteiger partial charge is 0.238 e. The van der Waals surface area contributed by atoms with Crippen LogP contribution in [-0.2, 0) is 4.79 Å². The van der Waals surface area contributed by atoms with Crippen molar-refractivity contribution in [2.24, 2.45) is 0 Å². The van der Waals surface area contributed by atoms with Gasteiger partial charge < -0.3 is 5.32 Å². The van der Waals surface area contributed by atoms with E-state index < -0.39 is 23.4 Å². The molecule has 1 amide bonds. The molecule has 1 saturated heterocycles. The fourth-order valence-corrected chi connectivity index (χ4v) is 2.73. The molecule has 1 aromatic carbocycles. The highest BCUT2D eigenvalue weighted by atomic mass is 19.2. The van der Waals surface area contributed by atoms with Crippen LogP contribution in [0.15, 0.2) is 12.1 Å². The minimum absolute atomic E-state index is 0.136. The second-order valence-electron chi connectivity index (χ2n) is 5.30. The highest BCUT2D eigenvalue weighted by Crippen LogP contribution is 2.21. The first-order chi connectivity index (χ1) is 10.0. The van der Waals surface area contributed by atoms with Gasteiger partial charge in [-0.3, -0.25) is 9.69 Å². The van der Waals surface area contributed by atoms with Crippen LogP contribution in [0, 0.1) is 17.5 Å². The molecule has 1 aliphatic rings. The van der Waals surface area contributed by atoms with Gasteiger partial charge in [0.2, 0.25) is 5.91 Å². The van der Waals surface area contributed by atoms with E-state index in [1.807, 2.05) is 0 Å². The lowest BCUT2D eigenvalue weighted by Crippen LogP contribution is -2.43. The minimum Gasteiger partial charge on any atom is -0.322 e. The SMILES string of the molecule is CCC1CCCCN1CC(=O)Nc1ccc(F)c(F)c1F. The van der Waals surface area contributed by atoms with E-state index in [2.05, 4.69) is 17.1 Å². The van der Waals surface area contributed by atoms with Crippen molar-refractivity contribution in [3.8, 4) is 0 Å². The van der Waals surface area contributed by atoms with Gasteiger partial charge in [0, 0.05) is 6.04 Å². The summed E-state index contributed by atoms with van der Waals surface area (Å²) in [6, 6.07) is 2.17. The van der Waals surface area contributed by atoms with E-state index in [0.717, 1.165) is 44.4 Å². The van der Waals surface area contributed by atoms with Crippen molar-refractivity contribution in [2.75, 3.05) is 18.4 Å². The van der Waals surface area contributed by atoms with Crippen molar-refractivity contribution in [2.45, 2.75) is 38.6 Å². The van der Waals surface area contributed by atoms with Gasteiger partial charge in [-0.25, -0.2) is 13.2 Å². The summed E-state index contributed by atoms with van der Waals surface area (Å²) in [5.41, 5.74) is -0.330. The minimum atomic E-state index is -1.57. The maximum absolute atomic E-state index is 13.5. The Hall–Kier alpha value is -1.56. The predicted octanol–water partition coefficient (Wildman–Crippen LogP) is 3.31. The number of carbonyl (C=O) groups excluding carboxylic acids is 1. The van der Waals surface area contributed by atoms with E-state index in [-0.39, 0.29) is 12.2 Å². The number of piperidine rings is 1. The summed E-state index contributed by atoms with van der Waals surface area (Å²) in [5.74, 6) is -4.63. The van der Waals surface area contributed by atoms with Crippen LogP contribution in [0.4, 0.5) is 18.9 Å². The van der Waals surface area contributed by atoms with Gasteiger partial charge in [0.05, 0.1) is 12.2 Å². The van der Waals surface area contributed by atoms with Crippen LogP contribution in [0.2, 0.25) is 0 Å². The van der Waals surface area contributed by atoms with Crippen molar-refractivity contribution < 1.29 is 18.0 Å². The normalized spacial score (nSPS) is 19.5. The van der Waals surface area contributed by atoms with Gasteiger partial charge in [0.1, 0.15) is 0 Å². The van der Waals surface area contributed by atoms with Gasteiger partial charge in [0.15, 0.2) is 17.5 Å². The molecule has 0 spiro atoms. The number of hydrogen-bond acceptors (Lipinski definition) is 2. The molecule has 1 N–H and O–H groups in total. The molecule has 1 atom stereocenters. The Balaban J connectivity index is 2.00. The Morgan fingerprint density at radius 3 is 2.76 bits per heavy atom. The lowest BCUT2D eigenvalue weighted by atomic mass is 10.00. The van der Waals surface area contributed by atoms with Crippen molar-refractivity contribution in [3.63, 3.8) is 0 Å². The van der Waals surface area contributed by atoms with Gasteiger partial charge in [-0.05, 0) is 37.9 Å². The fraction of sp³-hybridized carbons (Fsp3) is 0.533. The fourth-order valence-electron chi connectivity index (χ4n) is 2.73. The number of likely N-dealkylation sites (tertiary alicyclic amines) is 1. The number of rotatable bonds is 4. The zero-order chi connectivity index (χ0) is 15.4. The average Bonchev–Trinajstić information content (AvgIpc) is 2.48. The quantitative estimate of drug-likeness (QED) is 0.865. The Labute approximate surface area is 122 Å². The van der Waals surface area contributed by atoms with Gasteiger partial charge in [-0.1, -0.05) is 13.3 Å². The van der Waals surface area contributed by atoms with E-state index in [9.17, 15) is 18.0 Å². The number of halogens is 3. The summed E-state index contributed by atoms with van der Waals surface area (Å²) in [6.45, 7) is 3.03. The van der Waals surface area contributed by atoms with E-state index in [0.29, 0.717) is 6.04 Å². The highest BCUT2D eigenvalue weighted by molar-refractivity contribution is 5.92. The van der Waals surface area contributed by atoms with Gasteiger partial charge in [0.25, 0.3) is 0 Å². The second kappa shape index (κ2) is 6.93. The van der Waals surface area contributed by atoms with E-state index in [4.69, 9.17) is 0 Å². The summed E-state index contributed by atoms with van der Waals surface area (Å²) in [5, 5.41) is 2.31. The van der Waals surface area contributed by atoms with Crippen LogP contribution in [0.3, 0.4) is 0 Å². The van der Waals surface area contributed by atoms with Gasteiger partial charge in [-0.2, -0.15) is 0 Å². The summed E-state index contributed by atoms with van der Waals surface area (Å²) in [4.78, 5) is 14.0. The largest absolute Gasteiger partial charge is 0.322 e. The third-order valence-corrected chi connectivity index (χ3v) is 3.88. The number of carbonyl (C=O) groups is 1. The molecule has 1 aromatic rings. The number of nitrogens with one attached hydrogen (secondary N) is 1. The number of amides is 1. The summed E-state index contributed by atoms with van der Waals surface area (Å²) in [6.07, 6.45) is 4.17. The molecule has 0 aliphatic carbocycles. The number of nitrogens with zero attached hydrogens (tertiary/aromatic N) is 1. The second-order valence-corrected chi connectivity index (χ2v) is 5.30. The Kier molecular flexibility index (Phi) is 5.22. The maximum Gasteiger partial charge on any atom is 0.238 e. The summed E-state index contributed by atoms with van der Waals surface area (Å²) < 4.78 is 39.4. The summed E-state index contributed by atoms with van der Waals surface area (Å²) in [7, 11) is 0. The van der Waals surface area contributed by atoms with Crippen molar-refractivity contribution in [1.82, 2.24) is 4.90 Å². The zero-order valence-electron chi connectivity index (χ0n) is 12.0. The van der Waals surface area contributed by atoms with Crippen LogP contribution in [0.25, 0.3) is 0 Å². The summed E-state index contributed by atoms with van der Waals surface area (Å²) >= 11 is 0. The van der Waals surface area contributed by atoms with Crippen LogP contribution in [0.1, 0.15) is 32.6 Å². The van der Waals surface area contributed by atoms with Crippen LogP contribution < -0.4 is 5.32 Å². The maximum atomic E-state index is 13.5. The Morgan fingerprint density at radius 2 is 2.05 bits per heavy atom. The first-order valence-electron chi connectivity index (χ1n) is 7.20. The van der Waals surface area contributed by atoms with Crippen LogP contribution >= 0.6 is 0 Å². The first kappa shape index (κ1) is 15.8. The third kappa shape index (κ3) is 3.75. The monoisotopic (exact) mass is 300 g/mol. The molecular weight excluding hydrogens is 281 g/mol. The predicted molar refractivity (Wildman–Crippen MR) is 74.4 cm³/mol. The lowest BCUT2D eigenvalue weighted by Gasteiger charge is -2.34. The van der Waals surface area contributed by atoms with Gasteiger partial charge in [-0.15, -0.1) is 0 Å². The molecule has 116 valence electrons.